The molecule has 2 rings (SSSR count). The molecule has 1 aromatic heterocycles. The lowest BCUT2D eigenvalue weighted by Gasteiger charge is -2.29. The summed E-state index contributed by atoms with van der Waals surface area (Å²) in [5, 5.41) is 11.1. The van der Waals surface area contributed by atoms with Crippen LogP contribution < -0.4 is 10.6 Å². The number of guanidine groups is 1. The van der Waals surface area contributed by atoms with Crippen molar-refractivity contribution in [2.75, 3.05) is 32.7 Å². The third-order valence-electron chi connectivity index (χ3n) is 4.60. The zero-order valence-electron chi connectivity index (χ0n) is 17.2. The topological polar surface area (TPSA) is 57.5 Å². The summed E-state index contributed by atoms with van der Waals surface area (Å²) >= 11 is 0. The van der Waals surface area contributed by atoms with Crippen LogP contribution in [0.3, 0.4) is 0 Å². The van der Waals surface area contributed by atoms with Crippen LogP contribution in [0.2, 0.25) is 0 Å². The number of aromatic nitrogens is 2. The molecule has 0 saturated carbocycles. The molecule has 148 valence electrons. The van der Waals surface area contributed by atoms with Crippen molar-refractivity contribution in [3.63, 3.8) is 0 Å². The van der Waals surface area contributed by atoms with Crippen LogP contribution in [-0.2, 0) is 6.54 Å². The zero-order chi connectivity index (χ0) is 19.5. The molecule has 0 saturated heterocycles. The normalized spacial score (nSPS) is 13.0. The van der Waals surface area contributed by atoms with E-state index in [1.807, 2.05) is 10.9 Å². The molecule has 1 heterocycles. The van der Waals surface area contributed by atoms with Crippen molar-refractivity contribution in [3.05, 3.63) is 53.9 Å². The third kappa shape index (κ3) is 6.71. The number of rotatable bonds is 10. The van der Waals surface area contributed by atoms with E-state index < -0.39 is 0 Å². The minimum atomic E-state index is 0.283. The summed E-state index contributed by atoms with van der Waals surface area (Å²) in [6.45, 7) is 13.7. The van der Waals surface area contributed by atoms with E-state index in [1.165, 1.54) is 11.1 Å². The largest absolute Gasteiger partial charge is 0.357 e. The van der Waals surface area contributed by atoms with Gasteiger partial charge in [0.1, 0.15) is 0 Å². The van der Waals surface area contributed by atoms with E-state index in [0.717, 1.165) is 45.2 Å². The fourth-order valence-electron chi connectivity index (χ4n) is 3.17. The van der Waals surface area contributed by atoms with Crippen molar-refractivity contribution in [2.24, 2.45) is 4.99 Å². The molecule has 6 heteroatoms. The van der Waals surface area contributed by atoms with Crippen molar-refractivity contribution in [2.45, 2.75) is 40.3 Å². The maximum Gasteiger partial charge on any atom is 0.191 e. The summed E-state index contributed by atoms with van der Waals surface area (Å²) in [7, 11) is 0. The lowest BCUT2D eigenvalue weighted by atomic mass is 10.1. The number of benzene rings is 1. The highest BCUT2D eigenvalue weighted by atomic mass is 15.3. The van der Waals surface area contributed by atoms with Gasteiger partial charge >= 0.3 is 0 Å². The van der Waals surface area contributed by atoms with Gasteiger partial charge in [0.15, 0.2) is 5.96 Å². The van der Waals surface area contributed by atoms with Crippen LogP contribution in [0.15, 0.2) is 47.7 Å². The second-order valence-corrected chi connectivity index (χ2v) is 6.57. The molecule has 0 radical (unpaired) electrons. The lowest BCUT2D eigenvalue weighted by Crippen LogP contribution is -2.40. The van der Waals surface area contributed by atoms with Crippen LogP contribution in [0.5, 0.6) is 0 Å². The summed E-state index contributed by atoms with van der Waals surface area (Å²) in [6, 6.07) is 10.9. The van der Waals surface area contributed by atoms with Gasteiger partial charge in [0.2, 0.25) is 0 Å². The Morgan fingerprint density at radius 3 is 2.48 bits per heavy atom. The van der Waals surface area contributed by atoms with E-state index in [1.54, 1.807) is 0 Å². The first-order valence-corrected chi connectivity index (χ1v) is 9.98. The Balaban J connectivity index is 2.02. The number of aryl methyl sites for hydroxylation is 1. The van der Waals surface area contributed by atoms with Gasteiger partial charge < -0.3 is 10.6 Å². The molecule has 0 amide bonds. The number of nitrogens with one attached hydrogen (secondary N) is 2. The second-order valence-electron chi connectivity index (χ2n) is 6.57. The number of hydrogen-bond donors (Lipinski definition) is 2. The van der Waals surface area contributed by atoms with Crippen LogP contribution >= 0.6 is 0 Å². The van der Waals surface area contributed by atoms with Crippen LogP contribution in [0, 0.1) is 6.92 Å². The summed E-state index contributed by atoms with van der Waals surface area (Å²) in [5.74, 6) is 0.856. The van der Waals surface area contributed by atoms with Gasteiger partial charge in [0.05, 0.1) is 25.3 Å². The molecule has 1 unspecified atom stereocenters. The van der Waals surface area contributed by atoms with Crippen LogP contribution in [0.4, 0.5) is 0 Å². The van der Waals surface area contributed by atoms with E-state index in [-0.39, 0.29) is 6.04 Å². The predicted molar refractivity (Wildman–Crippen MR) is 113 cm³/mol. The van der Waals surface area contributed by atoms with E-state index in [2.05, 4.69) is 84.9 Å². The van der Waals surface area contributed by atoms with Crippen molar-refractivity contribution >= 4 is 5.96 Å². The molecule has 0 aliphatic carbocycles. The Morgan fingerprint density at radius 2 is 1.89 bits per heavy atom. The van der Waals surface area contributed by atoms with Gasteiger partial charge in [-0.05, 0) is 38.1 Å². The van der Waals surface area contributed by atoms with Crippen molar-refractivity contribution in [1.82, 2.24) is 25.3 Å². The standard InChI is InChI=1S/C21H34N6/c1-5-22-21(23-13-14-27-17-18(4)15-25-27)24-16-20(26(6-2)7-3)19-11-9-8-10-12-19/h8-12,15,17,20H,5-7,13-14,16H2,1-4H3,(H2,22,23,24). The highest BCUT2D eigenvalue weighted by Gasteiger charge is 2.17. The average molecular weight is 371 g/mol. The molecule has 0 spiro atoms. The highest BCUT2D eigenvalue weighted by molar-refractivity contribution is 5.79. The first kappa shape index (κ1) is 21.0. The quantitative estimate of drug-likeness (QED) is 0.499. The van der Waals surface area contributed by atoms with E-state index >= 15 is 0 Å². The molecular weight excluding hydrogens is 336 g/mol. The van der Waals surface area contributed by atoms with Gasteiger partial charge in [-0.15, -0.1) is 0 Å². The Morgan fingerprint density at radius 1 is 1.15 bits per heavy atom. The van der Waals surface area contributed by atoms with Crippen molar-refractivity contribution in [1.29, 1.82) is 0 Å². The summed E-state index contributed by atoms with van der Waals surface area (Å²) < 4.78 is 1.95. The van der Waals surface area contributed by atoms with Gasteiger partial charge in [0.25, 0.3) is 0 Å². The van der Waals surface area contributed by atoms with Gasteiger partial charge in [0, 0.05) is 19.3 Å². The summed E-state index contributed by atoms with van der Waals surface area (Å²) in [4.78, 5) is 7.32. The van der Waals surface area contributed by atoms with E-state index in [4.69, 9.17) is 4.99 Å². The smallest absolute Gasteiger partial charge is 0.191 e. The zero-order valence-corrected chi connectivity index (χ0v) is 17.2. The van der Waals surface area contributed by atoms with Gasteiger partial charge in [-0.25, -0.2) is 0 Å². The molecule has 0 bridgehead atoms. The predicted octanol–water partition coefficient (Wildman–Crippen LogP) is 2.83. The minimum absolute atomic E-state index is 0.283. The van der Waals surface area contributed by atoms with E-state index in [0.29, 0.717) is 0 Å². The molecule has 0 aliphatic heterocycles. The highest BCUT2D eigenvalue weighted by Crippen LogP contribution is 2.20. The summed E-state index contributed by atoms with van der Waals surface area (Å²) in [5.41, 5.74) is 2.49. The molecule has 27 heavy (non-hydrogen) atoms. The molecule has 1 aromatic carbocycles. The first-order chi connectivity index (χ1) is 13.2. The molecule has 0 fully saturated rings. The number of likely N-dealkylation sites (N-methyl/N-ethyl adjacent to an activating group) is 1. The average Bonchev–Trinajstić information content (AvgIpc) is 3.10. The molecule has 1 atom stereocenters. The fourth-order valence-corrected chi connectivity index (χ4v) is 3.17. The minimum Gasteiger partial charge on any atom is -0.357 e. The van der Waals surface area contributed by atoms with Crippen LogP contribution in [0.1, 0.15) is 37.9 Å². The molecule has 2 N–H and O–H groups in total. The van der Waals surface area contributed by atoms with Crippen LogP contribution in [0.25, 0.3) is 0 Å². The molecule has 2 aromatic rings. The maximum atomic E-state index is 4.87. The van der Waals surface area contributed by atoms with E-state index in [9.17, 15) is 0 Å². The monoisotopic (exact) mass is 370 g/mol. The number of hydrogen-bond acceptors (Lipinski definition) is 3. The Hall–Kier alpha value is -2.34. The first-order valence-electron chi connectivity index (χ1n) is 9.98. The third-order valence-corrected chi connectivity index (χ3v) is 4.60. The fraction of sp³-hybridized carbons (Fsp3) is 0.524. The maximum absolute atomic E-state index is 4.87. The Bertz CT molecular complexity index is 675. The lowest BCUT2D eigenvalue weighted by molar-refractivity contribution is 0.224. The SMILES string of the molecule is CCNC(=NCC(c1ccccc1)N(CC)CC)NCCn1cc(C)cn1. The summed E-state index contributed by atoms with van der Waals surface area (Å²) in [6.07, 6.45) is 3.94. The van der Waals surface area contributed by atoms with Crippen LogP contribution in [-0.4, -0.2) is 53.4 Å². The second kappa shape index (κ2) is 11.4. The molecular formula is C21H34N6. The van der Waals surface area contributed by atoms with Crippen molar-refractivity contribution in [3.8, 4) is 0 Å². The number of aliphatic imine (C=N–C) groups is 1. The molecule has 0 aliphatic rings. The van der Waals surface area contributed by atoms with Crippen molar-refractivity contribution < 1.29 is 0 Å². The van der Waals surface area contributed by atoms with Gasteiger partial charge in [-0.2, -0.15) is 5.10 Å². The van der Waals surface area contributed by atoms with Gasteiger partial charge in [-0.1, -0.05) is 44.2 Å². The number of nitrogens with zero attached hydrogens (tertiary/aromatic N) is 4. The Kier molecular flexibility index (Phi) is 8.84. The molecule has 6 nitrogen and oxygen atoms in total. The Labute approximate surface area is 163 Å². The van der Waals surface area contributed by atoms with Gasteiger partial charge in [-0.3, -0.25) is 14.6 Å².